The Balaban J connectivity index is 2.08. The zero-order valence-corrected chi connectivity index (χ0v) is 42.7. The Labute approximate surface area is 405 Å². The number of rotatable bonds is 47. The molecule has 7 atom stereocenters. The second-order valence-electron chi connectivity index (χ2n) is 19.3. The van der Waals surface area contributed by atoms with Crippen LogP contribution in [0.4, 0.5) is 0 Å². The van der Waals surface area contributed by atoms with Crippen LogP contribution in [0.15, 0.2) is 48.6 Å². The van der Waals surface area contributed by atoms with Crippen molar-refractivity contribution in [3.05, 3.63) is 48.6 Å². The van der Waals surface area contributed by atoms with Crippen molar-refractivity contribution in [3.8, 4) is 0 Å². The minimum Gasteiger partial charge on any atom is -0.394 e. The van der Waals surface area contributed by atoms with Crippen LogP contribution in [0.1, 0.15) is 251 Å². The zero-order chi connectivity index (χ0) is 48.0. The maximum Gasteiger partial charge on any atom is 0.220 e. The molecule has 0 spiro atoms. The van der Waals surface area contributed by atoms with E-state index in [0.29, 0.717) is 6.42 Å². The number of hydrogen-bond donors (Lipinski definition) is 6. The molecule has 9 nitrogen and oxygen atoms in total. The van der Waals surface area contributed by atoms with Crippen LogP contribution in [0.5, 0.6) is 0 Å². The summed E-state index contributed by atoms with van der Waals surface area (Å²) in [4.78, 5) is 13.0. The third-order valence-corrected chi connectivity index (χ3v) is 13.1. The minimum absolute atomic E-state index is 0.191. The highest BCUT2D eigenvalue weighted by molar-refractivity contribution is 5.76. The molecule has 1 heterocycles. The van der Waals surface area contributed by atoms with Gasteiger partial charge < -0.3 is 40.3 Å². The highest BCUT2D eigenvalue weighted by Gasteiger charge is 2.44. The fourth-order valence-electron chi connectivity index (χ4n) is 8.72. The van der Waals surface area contributed by atoms with Crippen molar-refractivity contribution >= 4 is 5.91 Å². The van der Waals surface area contributed by atoms with Crippen LogP contribution in [-0.2, 0) is 14.3 Å². The molecular formula is C57H105NO8. The van der Waals surface area contributed by atoms with Crippen molar-refractivity contribution in [3.63, 3.8) is 0 Å². The summed E-state index contributed by atoms with van der Waals surface area (Å²) < 4.78 is 11.2. The van der Waals surface area contributed by atoms with Gasteiger partial charge >= 0.3 is 0 Å². The van der Waals surface area contributed by atoms with Crippen LogP contribution in [0, 0.1) is 0 Å². The lowest BCUT2D eigenvalue weighted by Gasteiger charge is -2.40. The molecule has 0 radical (unpaired) electrons. The van der Waals surface area contributed by atoms with Crippen molar-refractivity contribution in [2.75, 3.05) is 13.2 Å². The topological polar surface area (TPSA) is 149 Å². The van der Waals surface area contributed by atoms with Gasteiger partial charge in [-0.05, 0) is 64.2 Å². The van der Waals surface area contributed by atoms with Crippen molar-refractivity contribution in [1.29, 1.82) is 0 Å². The largest absolute Gasteiger partial charge is 0.394 e. The molecule has 6 N–H and O–H groups in total. The summed E-state index contributed by atoms with van der Waals surface area (Å²) in [5.41, 5.74) is 0. The normalized spacial score (nSPS) is 20.1. The monoisotopic (exact) mass is 932 g/mol. The number of carbonyl (C=O) groups excluding carboxylic acids is 1. The fraction of sp³-hybridized carbons (Fsp3) is 0.842. The summed E-state index contributed by atoms with van der Waals surface area (Å²) in [7, 11) is 0. The van der Waals surface area contributed by atoms with Gasteiger partial charge in [-0.3, -0.25) is 4.79 Å². The molecule has 0 aromatic heterocycles. The minimum atomic E-state index is -1.57. The lowest BCUT2D eigenvalue weighted by Crippen LogP contribution is -2.60. The quantitative estimate of drug-likeness (QED) is 0.0261. The average Bonchev–Trinajstić information content (AvgIpc) is 3.32. The van der Waals surface area contributed by atoms with Gasteiger partial charge in [-0.15, -0.1) is 0 Å². The van der Waals surface area contributed by atoms with Gasteiger partial charge in [0.2, 0.25) is 5.91 Å². The first kappa shape index (κ1) is 62.2. The Kier molecular flexibility index (Phi) is 44.1. The number of nitrogens with one attached hydrogen (secondary N) is 1. The van der Waals surface area contributed by atoms with E-state index in [4.69, 9.17) is 9.47 Å². The lowest BCUT2D eigenvalue weighted by molar-refractivity contribution is -0.302. The van der Waals surface area contributed by atoms with Crippen molar-refractivity contribution in [1.82, 2.24) is 5.32 Å². The van der Waals surface area contributed by atoms with Gasteiger partial charge in [-0.2, -0.15) is 0 Å². The Morgan fingerprint density at radius 2 is 0.909 bits per heavy atom. The molecule has 0 aliphatic carbocycles. The molecule has 1 fully saturated rings. The summed E-state index contributed by atoms with van der Waals surface area (Å²) in [6.45, 7) is 3.64. The number of carbonyl (C=O) groups is 1. The summed E-state index contributed by atoms with van der Waals surface area (Å²) in [6, 6.07) is -0.825. The molecule has 66 heavy (non-hydrogen) atoms. The van der Waals surface area contributed by atoms with E-state index in [1.54, 1.807) is 6.08 Å². The predicted molar refractivity (Wildman–Crippen MR) is 276 cm³/mol. The van der Waals surface area contributed by atoms with Gasteiger partial charge in [0.25, 0.3) is 0 Å². The number of allylic oxidation sites excluding steroid dienone is 7. The first-order valence-corrected chi connectivity index (χ1v) is 27.9. The van der Waals surface area contributed by atoms with Crippen LogP contribution < -0.4 is 5.32 Å². The number of ether oxygens (including phenoxy) is 2. The molecule has 0 saturated carbocycles. The van der Waals surface area contributed by atoms with E-state index in [1.165, 1.54) is 180 Å². The summed E-state index contributed by atoms with van der Waals surface area (Å²) in [5.74, 6) is -0.191. The van der Waals surface area contributed by atoms with E-state index in [-0.39, 0.29) is 12.5 Å². The van der Waals surface area contributed by atoms with Crippen LogP contribution in [0.3, 0.4) is 0 Å². The average molecular weight is 932 g/mol. The summed E-state index contributed by atoms with van der Waals surface area (Å²) >= 11 is 0. The number of hydrogen-bond acceptors (Lipinski definition) is 8. The van der Waals surface area contributed by atoms with Gasteiger partial charge in [-0.25, -0.2) is 0 Å². The molecule has 386 valence electrons. The molecule has 1 aliphatic rings. The van der Waals surface area contributed by atoms with Crippen LogP contribution >= 0.6 is 0 Å². The van der Waals surface area contributed by atoms with Crippen LogP contribution in [-0.4, -0.2) is 87.5 Å². The van der Waals surface area contributed by atoms with Gasteiger partial charge in [0, 0.05) is 6.42 Å². The summed E-state index contributed by atoms with van der Waals surface area (Å²) in [6.07, 6.45) is 55.1. The van der Waals surface area contributed by atoms with E-state index in [2.05, 4.69) is 55.6 Å². The van der Waals surface area contributed by atoms with Gasteiger partial charge in [0.1, 0.15) is 24.4 Å². The van der Waals surface area contributed by atoms with E-state index in [9.17, 15) is 30.3 Å². The smallest absolute Gasteiger partial charge is 0.220 e. The van der Waals surface area contributed by atoms with E-state index < -0.39 is 49.5 Å². The molecule has 1 aliphatic heterocycles. The van der Waals surface area contributed by atoms with E-state index in [1.807, 2.05) is 6.08 Å². The molecular weight excluding hydrogens is 827 g/mol. The molecule has 0 aromatic rings. The predicted octanol–water partition coefficient (Wildman–Crippen LogP) is 13.3. The Morgan fingerprint density at radius 1 is 0.515 bits per heavy atom. The second-order valence-corrected chi connectivity index (χ2v) is 19.3. The highest BCUT2D eigenvalue weighted by Crippen LogP contribution is 2.23. The maximum absolute atomic E-state index is 13.0. The maximum atomic E-state index is 13.0. The van der Waals surface area contributed by atoms with Crippen molar-refractivity contribution in [2.24, 2.45) is 0 Å². The second kappa shape index (κ2) is 46.9. The Morgan fingerprint density at radius 3 is 1.35 bits per heavy atom. The van der Waals surface area contributed by atoms with Crippen molar-refractivity contribution < 1.29 is 39.8 Å². The van der Waals surface area contributed by atoms with Gasteiger partial charge in [0.15, 0.2) is 6.29 Å². The standard InChI is InChI=1S/C57H105NO8/c1-3-5-7-9-11-13-15-16-17-18-19-20-21-22-23-24-25-26-27-28-29-30-31-32-33-34-35-36-37-39-41-43-45-47-53(61)58-50(49-65-57-56(64)55(63)54(62)52(48-59)66-57)51(60)46-44-42-40-38-14-12-10-8-6-4-2/h6,8,14,18-19,38,44,46,50-52,54-57,59-60,62-64H,3-5,7,9-13,15-17,20-37,39-43,45,47-49H2,1-2H3,(H,58,61)/b8-6+,19-18-,38-14+,46-44+. The first-order valence-electron chi connectivity index (χ1n) is 27.9. The molecule has 7 unspecified atom stereocenters. The summed E-state index contributed by atoms with van der Waals surface area (Å²) in [5, 5.41) is 54.2. The molecule has 0 aromatic carbocycles. The number of aliphatic hydroxyl groups is 5. The van der Waals surface area contributed by atoms with Crippen LogP contribution in [0.2, 0.25) is 0 Å². The van der Waals surface area contributed by atoms with Crippen LogP contribution in [0.25, 0.3) is 0 Å². The fourth-order valence-corrected chi connectivity index (χ4v) is 8.72. The van der Waals surface area contributed by atoms with Gasteiger partial charge in [-0.1, -0.05) is 229 Å². The molecule has 0 bridgehead atoms. The third kappa shape index (κ3) is 36.2. The molecule has 1 amide bonds. The van der Waals surface area contributed by atoms with Gasteiger partial charge in [0.05, 0.1) is 25.4 Å². The molecule has 1 saturated heterocycles. The molecule has 1 rings (SSSR count). The number of unbranched alkanes of at least 4 members (excludes halogenated alkanes) is 31. The van der Waals surface area contributed by atoms with E-state index in [0.717, 1.165) is 51.4 Å². The number of amides is 1. The Hall–Kier alpha value is -1.85. The highest BCUT2D eigenvalue weighted by atomic mass is 16.7. The molecule has 9 heteroatoms. The number of aliphatic hydroxyl groups excluding tert-OH is 5. The first-order chi connectivity index (χ1) is 32.3. The zero-order valence-electron chi connectivity index (χ0n) is 42.7. The Bertz CT molecular complexity index is 1170. The van der Waals surface area contributed by atoms with E-state index >= 15 is 0 Å². The SMILES string of the molecule is CC/C=C/CC/C=C/CC/C=C/C(O)C(COC1OC(CO)C(O)C(O)C1O)NC(=O)CCCCCCCCCCCCCCCCCCCCCCC/C=C\CCCCCCCCCC. The third-order valence-electron chi connectivity index (χ3n) is 13.1. The van der Waals surface area contributed by atoms with Crippen molar-refractivity contribution in [2.45, 2.75) is 294 Å². The lowest BCUT2D eigenvalue weighted by atomic mass is 9.99.